The van der Waals surface area contributed by atoms with Gasteiger partial charge in [0.05, 0.1) is 15.3 Å². The molecule has 0 unspecified atom stereocenters. The Hall–Kier alpha value is -3.91. The number of aromatic nitrogens is 2. The summed E-state index contributed by atoms with van der Waals surface area (Å²) in [7, 11) is 0. The average Bonchev–Trinajstić information content (AvgIpc) is 3.62. The summed E-state index contributed by atoms with van der Waals surface area (Å²) < 4.78 is 85.4. The fourth-order valence-electron chi connectivity index (χ4n) is 4.20. The minimum absolute atomic E-state index is 0.134. The molecule has 0 atom stereocenters. The maximum Gasteiger partial charge on any atom is 0.422 e. The molecule has 1 saturated heterocycles. The number of rotatable bonds is 7. The summed E-state index contributed by atoms with van der Waals surface area (Å²) in [5.74, 6) is 0.292. The zero-order valence-corrected chi connectivity index (χ0v) is 22.0. The molecule has 0 bridgehead atoms. The zero-order valence-electron chi connectivity index (χ0n) is 21.2. The molecule has 14 heteroatoms. The van der Waals surface area contributed by atoms with E-state index in [4.69, 9.17) is 9.26 Å². The summed E-state index contributed by atoms with van der Waals surface area (Å²) in [6.45, 7) is 1.48. The van der Waals surface area contributed by atoms with Crippen molar-refractivity contribution in [2.45, 2.75) is 18.9 Å². The highest BCUT2D eigenvalue weighted by atomic mass is 32.1. The van der Waals surface area contributed by atoms with Gasteiger partial charge >= 0.3 is 12.4 Å². The SMILES string of the molecule is O=C(c1ccc(-c2nc(-c3ccc(C(F)(F)F)cc3)no2)s1)N1CCN(Cc2ccc(OCC(F)(F)F)cc2)CC1. The van der Waals surface area contributed by atoms with Gasteiger partial charge in [0.2, 0.25) is 5.82 Å². The summed E-state index contributed by atoms with van der Waals surface area (Å²) in [4.78, 5) is 22.3. The highest BCUT2D eigenvalue weighted by molar-refractivity contribution is 7.17. The van der Waals surface area contributed by atoms with E-state index in [0.29, 0.717) is 48.0 Å². The predicted octanol–water partition coefficient (Wildman–Crippen LogP) is 6.38. The van der Waals surface area contributed by atoms with Crippen LogP contribution in [0.25, 0.3) is 22.2 Å². The molecule has 41 heavy (non-hydrogen) atoms. The molecule has 1 amide bonds. The van der Waals surface area contributed by atoms with Crippen molar-refractivity contribution in [3.8, 4) is 27.9 Å². The van der Waals surface area contributed by atoms with Gasteiger partial charge in [-0.3, -0.25) is 9.69 Å². The van der Waals surface area contributed by atoms with Gasteiger partial charge in [0, 0.05) is 38.3 Å². The lowest BCUT2D eigenvalue weighted by molar-refractivity contribution is -0.153. The van der Waals surface area contributed by atoms with Crippen LogP contribution < -0.4 is 4.74 Å². The van der Waals surface area contributed by atoms with Crippen LogP contribution in [-0.4, -0.2) is 64.8 Å². The maximum absolute atomic E-state index is 13.1. The third-order valence-electron chi connectivity index (χ3n) is 6.32. The van der Waals surface area contributed by atoms with Crippen LogP contribution in [0, 0.1) is 0 Å². The lowest BCUT2D eigenvalue weighted by atomic mass is 10.1. The maximum atomic E-state index is 13.1. The Kier molecular flexibility index (Phi) is 8.04. The second-order valence-corrected chi connectivity index (χ2v) is 10.4. The van der Waals surface area contributed by atoms with Crippen molar-refractivity contribution < 1.29 is 40.4 Å². The van der Waals surface area contributed by atoms with Gasteiger partial charge < -0.3 is 14.2 Å². The molecule has 0 N–H and O–H groups in total. The molecular formula is C27H22F6N4O3S. The minimum atomic E-state index is -4.44. The Morgan fingerprint density at radius 3 is 2.22 bits per heavy atom. The number of halogens is 6. The second-order valence-electron chi connectivity index (χ2n) is 9.28. The largest absolute Gasteiger partial charge is 0.484 e. The van der Waals surface area contributed by atoms with Crippen molar-refractivity contribution in [1.82, 2.24) is 19.9 Å². The lowest BCUT2D eigenvalue weighted by Crippen LogP contribution is -2.48. The highest BCUT2D eigenvalue weighted by Gasteiger charge is 2.30. The number of alkyl halides is 6. The van der Waals surface area contributed by atoms with E-state index in [0.717, 1.165) is 17.7 Å². The Morgan fingerprint density at radius 2 is 1.59 bits per heavy atom. The van der Waals surface area contributed by atoms with Gasteiger partial charge in [0.15, 0.2) is 6.61 Å². The molecule has 7 nitrogen and oxygen atoms in total. The molecule has 1 fully saturated rings. The highest BCUT2D eigenvalue weighted by Crippen LogP contribution is 2.32. The topological polar surface area (TPSA) is 71.7 Å². The Balaban J connectivity index is 1.14. The van der Waals surface area contributed by atoms with Crippen LogP contribution in [0.5, 0.6) is 5.75 Å². The van der Waals surface area contributed by atoms with E-state index >= 15 is 0 Å². The summed E-state index contributed by atoms with van der Waals surface area (Å²) in [5.41, 5.74) is 0.506. The van der Waals surface area contributed by atoms with E-state index in [2.05, 4.69) is 15.0 Å². The summed E-state index contributed by atoms with van der Waals surface area (Å²) in [6.07, 6.45) is -8.84. The third-order valence-corrected chi connectivity index (χ3v) is 7.38. The van der Waals surface area contributed by atoms with E-state index in [1.54, 1.807) is 29.2 Å². The number of carbonyl (C=O) groups is 1. The first-order valence-electron chi connectivity index (χ1n) is 12.4. The number of benzene rings is 2. The van der Waals surface area contributed by atoms with E-state index in [9.17, 15) is 31.1 Å². The molecule has 0 radical (unpaired) electrons. The number of thiophene rings is 1. The molecule has 216 valence electrons. The van der Waals surface area contributed by atoms with E-state index < -0.39 is 24.5 Å². The zero-order chi connectivity index (χ0) is 29.2. The number of hydrogen-bond acceptors (Lipinski definition) is 7. The van der Waals surface area contributed by atoms with Gasteiger partial charge in [-0.15, -0.1) is 11.3 Å². The van der Waals surface area contributed by atoms with Crippen LogP contribution in [0.4, 0.5) is 26.3 Å². The molecule has 0 spiro atoms. The van der Waals surface area contributed by atoms with Crippen molar-refractivity contribution in [2.24, 2.45) is 0 Å². The van der Waals surface area contributed by atoms with Crippen LogP contribution in [0.1, 0.15) is 20.8 Å². The number of nitrogens with zero attached hydrogens (tertiary/aromatic N) is 4. The number of ether oxygens (including phenoxy) is 1. The molecule has 4 aromatic rings. The first-order valence-corrected chi connectivity index (χ1v) is 13.2. The Labute approximate surface area is 233 Å². The number of carbonyl (C=O) groups excluding carboxylic acids is 1. The van der Waals surface area contributed by atoms with Crippen molar-refractivity contribution in [2.75, 3.05) is 32.8 Å². The first-order chi connectivity index (χ1) is 19.4. The molecule has 3 heterocycles. The minimum Gasteiger partial charge on any atom is -0.484 e. The molecule has 1 aliphatic rings. The second kappa shape index (κ2) is 11.5. The normalized spacial score (nSPS) is 14.8. The summed E-state index contributed by atoms with van der Waals surface area (Å²) in [5, 5.41) is 3.85. The van der Waals surface area contributed by atoms with Crippen LogP contribution >= 0.6 is 11.3 Å². The summed E-state index contributed by atoms with van der Waals surface area (Å²) >= 11 is 1.18. The van der Waals surface area contributed by atoms with Gasteiger partial charge in [-0.25, -0.2) is 0 Å². The van der Waals surface area contributed by atoms with Gasteiger partial charge in [-0.05, 0) is 42.0 Å². The number of amides is 1. The van der Waals surface area contributed by atoms with Gasteiger partial charge in [-0.1, -0.05) is 29.4 Å². The number of piperazine rings is 1. The van der Waals surface area contributed by atoms with E-state index in [1.807, 2.05) is 0 Å². The fraction of sp³-hybridized carbons (Fsp3) is 0.296. The monoisotopic (exact) mass is 596 g/mol. The van der Waals surface area contributed by atoms with Crippen LogP contribution in [0.15, 0.2) is 65.2 Å². The predicted molar refractivity (Wildman–Crippen MR) is 137 cm³/mol. The molecule has 2 aromatic heterocycles. The van der Waals surface area contributed by atoms with E-state index in [1.165, 1.54) is 35.6 Å². The fourth-order valence-corrected chi connectivity index (χ4v) is 5.09. The van der Waals surface area contributed by atoms with Gasteiger partial charge in [-0.2, -0.15) is 31.3 Å². The van der Waals surface area contributed by atoms with Crippen LogP contribution in [0.3, 0.4) is 0 Å². The van der Waals surface area contributed by atoms with Crippen LogP contribution in [-0.2, 0) is 12.7 Å². The third kappa shape index (κ3) is 7.24. The molecule has 1 aliphatic heterocycles. The average molecular weight is 597 g/mol. The molecule has 2 aromatic carbocycles. The molecule has 5 rings (SSSR count). The molecule has 0 saturated carbocycles. The van der Waals surface area contributed by atoms with Crippen LogP contribution in [0.2, 0.25) is 0 Å². The van der Waals surface area contributed by atoms with Crippen molar-refractivity contribution >= 4 is 17.2 Å². The van der Waals surface area contributed by atoms with E-state index in [-0.39, 0.29) is 23.4 Å². The van der Waals surface area contributed by atoms with Crippen molar-refractivity contribution in [1.29, 1.82) is 0 Å². The number of hydrogen-bond donors (Lipinski definition) is 0. The standard InChI is InChI=1S/C27H22F6N4O3S/c28-26(29,30)16-39-20-7-1-17(2-8-20)15-36-11-13-37(14-12-36)25(38)22-10-9-21(41-22)24-34-23(35-40-24)18-3-5-19(6-4-18)27(31,32)33/h1-10H,11-16H2. The Morgan fingerprint density at radius 1 is 0.902 bits per heavy atom. The van der Waals surface area contributed by atoms with Gasteiger partial charge in [0.25, 0.3) is 11.8 Å². The van der Waals surface area contributed by atoms with Gasteiger partial charge in [0.1, 0.15) is 5.75 Å². The molecule has 0 aliphatic carbocycles. The quantitative estimate of drug-likeness (QED) is 0.231. The first kappa shape index (κ1) is 28.6. The van der Waals surface area contributed by atoms with Crippen molar-refractivity contribution in [3.63, 3.8) is 0 Å². The smallest absolute Gasteiger partial charge is 0.422 e. The lowest BCUT2D eigenvalue weighted by Gasteiger charge is -2.34. The summed E-state index contributed by atoms with van der Waals surface area (Å²) in [6, 6.07) is 14.2. The van der Waals surface area contributed by atoms with Crippen molar-refractivity contribution in [3.05, 3.63) is 76.7 Å². The molecular weight excluding hydrogens is 574 g/mol. The Bertz CT molecular complexity index is 1470.